The van der Waals surface area contributed by atoms with E-state index >= 15 is 0 Å². The van der Waals surface area contributed by atoms with E-state index in [1.807, 2.05) is 0 Å². The van der Waals surface area contributed by atoms with Gasteiger partial charge in [-0.25, -0.2) is 9.78 Å². The van der Waals surface area contributed by atoms with Crippen molar-refractivity contribution in [1.82, 2.24) is 20.2 Å². The molecule has 1 aromatic heterocycles. The molecule has 1 aliphatic heterocycles. The smallest absolute Gasteiger partial charge is 0.405 e. The first-order valence-corrected chi connectivity index (χ1v) is 15.0. The Kier molecular flexibility index (Phi) is 7.98. The van der Waals surface area contributed by atoms with E-state index in [4.69, 9.17) is 5.73 Å². The van der Waals surface area contributed by atoms with Crippen LogP contribution in [0.15, 0.2) is 30.5 Å². The first-order chi connectivity index (χ1) is 20.6. The molecular weight excluding hydrogens is 561 g/mol. The highest BCUT2D eigenvalue weighted by Gasteiger charge is 2.55. The van der Waals surface area contributed by atoms with Crippen LogP contribution in [0.4, 0.5) is 29.7 Å². The van der Waals surface area contributed by atoms with Crippen LogP contribution in [-0.2, 0) is 6.54 Å². The third kappa shape index (κ3) is 6.59. The number of ether oxygens (including phenoxy) is 1. The largest absolute Gasteiger partial charge is 0.573 e. The number of halogens is 3. The molecule has 10 nitrogen and oxygen atoms in total. The highest BCUT2D eigenvalue weighted by Crippen LogP contribution is 2.60. The van der Waals surface area contributed by atoms with Gasteiger partial charge in [0.15, 0.2) is 0 Å². The van der Waals surface area contributed by atoms with Crippen LogP contribution >= 0.6 is 0 Å². The molecule has 4 saturated carbocycles. The summed E-state index contributed by atoms with van der Waals surface area (Å²) in [5, 5.41) is 20.1. The summed E-state index contributed by atoms with van der Waals surface area (Å²) in [6, 6.07) is 8.61. The fourth-order valence-electron chi connectivity index (χ4n) is 8.22. The normalized spacial score (nSPS) is 28.4. The molecule has 2 aromatic rings. The molecule has 1 unspecified atom stereocenters. The second-order valence-electron chi connectivity index (χ2n) is 12.7. The van der Waals surface area contributed by atoms with E-state index in [9.17, 15) is 23.2 Å². The molecule has 4 bridgehead atoms. The first-order valence-electron chi connectivity index (χ1n) is 15.0. The summed E-state index contributed by atoms with van der Waals surface area (Å²) in [6.45, 7) is 2.13. The van der Waals surface area contributed by atoms with E-state index in [-0.39, 0.29) is 29.7 Å². The Labute approximate surface area is 248 Å². The zero-order chi connectivity index (χ0) is 30.2. The summed E-state index contributed by atoms with van der Waals surface area (Å²) < 4.78 is 42.6. The number of aromatic nitrogens is 2. The van der Waals surface area contributed by atoms with Crippen LogP contribution in [0.3, 0.4) is 0 Å². The zero-order valence-corrected chi connectivity index (χ0v) is 23.9. The number of nitrogens with one attached hydrogen (secondary N) is 3. The number of para-hydroxylation sites is 1. The number of carbonyl (C=O) groups is 1. The number of hydrogen-bond donors (Lipinski definition) is 4. The van der Waals surface area contributed by atoms with E-state index in [1.54, 1.807) is 11.0 Å². The molecule has 0 spiro atoms. The minimum Gasteiger partial charge on any atom is -0.405 e. The Morgan fingerprint density at radius 1 is 1.14 bits per heavy atom. The van der Waals surface area contributed by atoms with Gasteiger partial charge in [0.05, 0.1) is 6.20 Å². The molecule has 5 aliphatic rings. The summed E-state index contributed by atoms with van der Waals surface area (Å²) in [7, 11) is 0. The molecule has 13 heteroatoms. The minimum atomic E-state index is -4.80. The van der Waals surface area contributed by atoms with Gasteiger partial charge in [0, 0.05) is 43.8 Å². The summed E-state index contributed by atoms with van der Waals surface area (Å²) in [6.07, 6.45) is 4.34. The van der Waals surface area contributed by atoms with Gasteiger partial charge in [0.1, 0.15) is 23.2 Å². The number of rotatable bonds is 9. The molecule has 0 radical (unpaired) electrons. The summed E-state index contributed by atoms with van der Waals surface area (Å²) in [4.78, 5) is 22.0. The van der Waals surface area contributed by atoms with Gasteiger partial charge >= 0.3 is 12.4 Å². The number of nitriles is 1. The molecule has 5 atom stereocenters. The third-order valence-electron chi connectivity index (χ3n) is 9.81. The lowest BCUT2D eigenvalue weighted by molar-refractivity contribution is -0.274. The van der Waals surface area contributed by atoms with E-state index in [2.05, 4.69) is 36.7 Å². The number of hydrogen-bond acceptors (Lipinski definition) is 8. The maximum absolute atomic E-state index is 12.8. The topological polar surface area (TPSA) is 141 Å². The maximum Gasteiger partial charge on any atom is 0.573 e. The van der Waals surface area contributed by atoms with Crippen LogP contribution in [0.2, 0.25) is 0 Å². The Morgan fingerprint density at radius 2 is 1.86 bits per heavy atom. The van der Waals surface area contributed by atoms with E-state index in [1.165, 1.54) is 37.2 Å². The SMILES string of the molecule is N#Cc1cnc(NCc2ccccc2OC(F)(F)F)nc1NC[C@]12CC3C[C@H](C1)[C@@H](NC1CCN(C(N)=O)CC1)[C@@H](C3)C2. The van der Waals surface area contributed by atoms with Crippen molar-refractivity contribution in [3.8, 4) is 11.8 Å². The number of carbonyl (C=O) groups excluding carboxylic acids is 1. The highest BCUT2D eigenvalue weighted by molar-refractivity contribution is 5.72. The monoisotopic (exact) mass is 598 g/mol. The van der Waals surface area contributed by atoms with Crippen molar-refractivity contribution in [3.05, 3.63) is 41.6 Å². The molecule has 7 rings (SSSR count). The van der Waals surface area contributed by atoms with Crippen molar-refractivity contribution < 1.29 is 22.7 Å². The Hall–Kier alpha value is -3.79. The molecule has 1 aromatic carbocycles. The predicted molar refractivity (Wildman–Crippen MR) is 153 cm³/mol. The number of urea groups is 1. The zero-order valence-electron chi connectivity index (χ0n) is 23.9. The van der Waals surface area contributed by atoms with Crippen LogP contribution < -0.4 is 26.4 Å². The van der Waals surface area contributed by atoms with Gasteiger partial charge < -0.3 is 31.3 Å². The molecule has 43 heavy (non-hydrogen) atoms. The standard InChI is InChI=1S/C30H37F3N8O2/c31-30(32,33)43-24-4-2-1-3-19(24)15-36-28-37-16-22(14-34)26(40-28)38-17-29-11-18-9-20(12-29)25(21(10-18)13-29)39-23-5-7-41(8-6-23)27(35)42/h1-4,16,18,20-21,23,25,39H,5-13,15,17H2,(H2,35,42)(H2,36,37,38,40)/t18?,20-,21+,25-,29-. The number of nitrogens with zero attached hydrogens (tertiary/aromatic N) is 4. The first kappa shape index (κ1) is 29.3. The number of benzene rings is 1. The molecule has 230 valence electrons. The number of likely N-dealkylation sites (tertiary alicyclic amines) is 1. The lowest BCUT2D eigenvalue weighted by Crippen LogP contribution is -2.62. The summed E-state index contributed by atoms with van der Waals surface area (Å²) in [5.41, 5.74) is 6.21. The van der Waals surface area contributed by atoms with Crippen molar-refractivity contribution in [3.63, 3.8) is 0 Å². The second-order valence-corrected chi connectivity index (χ2v) is 12.7. The fourth-order valence-corrected chi connectivity index (χ4v) is 8.22. The number of primary amides is 1. The molecule has 5 fully saturated rings. The third-order valence-corrected chi connectivity index (χ3v) is 9.81. The van der Waals surface area contributed by atoms with Crippen molar-refractivity contribution in [2.75, 3.05) is 30.3 Å². The van der Waals surface area contributed by atoms with Crippen LogP contribution in [0.1, 0.15) is 56.1 Å². The van der Waals surface area contributed by atoms with Gasteiger partial charge in [-0.15, -0.1) is 13.2 Å². The second kappa shape index (κ2) is 11.7. The minimum absolute atomic E-state index is 0.0164. The lowest BCUT2D eigenvalue weighted by Gasteiger charge is -2.61. The highest BCUT2D eigenvalue weighted by atomic mass is 19.4. The summed E-state index contributed by atoms with van der Waals surface area (Å²) >= 11 is 0. The van der Waals surface area contributed by atoms with Gasteiger partial charge in [-0.2, -0.15) is 10.2 Å². The molecule has 2 amide bonds. The Balaban J connectivity index is 1.08. The van der Waals surface area contributed by atoms with Crippen molar-refractivity contribution in [2.24, 2.45) is 28.9 Å². The number of piperidine rings is 1. The number of nitrogens with two attached hydrogens (primary N) is 1. The number of amides is 2. The van der Waals surface area contributed by atoms with Crippen molar-refractivity contribution >= 4 is 17.8 Å². The predicted octanol–water partition coefficient (Wildman–Crippen LogP) is 4.60. The lowest BCUT2D eigenvalue weighted by atomic mass is 9.48. The molecule has 1 saturated heterocycles. The van der Waals surface area contributed by atoms with E-state index in [0.717, 1.165) is 32.1 Å². The molecule has 2 heterocycles. The van der Waals surface area contributed by atoms with Crippen LogP contribution in [0.25, 0.3) is 0 Å². The number of alkyl halides is 3. The van der Waals surface area contributed by atoms with Gasteiger partial charge in [-0.05, 0) is 74.2 Å². The van der Waals surface area contributed by atoms with Gasteiger partial charge in [-0.3, -0.25) is 0 Å². The molecular formula is C30H37F3N8O2. The van der Waals surface area contributed by atoms with Crippen LogP contribution in [0.5, 0.6) is 5.75 Å². The van der Waals surface area contributed by atoms with Crippen molar-refractivity contribution in [1.29, 1.82) is 5.26 Å². The Bertz CT molecular complexity index is 1360. The van der Waals surface area contributed by atoms with Gasteiger partial charge in [-0.1, -0.05) is 18.2 Å². The maximum atomic E-state index is 12.8. The van der Waals surface area contributed by atoms with E-state index < -0.39 is 6.36 Å². The quantitative estimate of drug-likeness (QED) is 0.328. The molecule has 5 N–H and O–H groups in total. The average Bonchev–Trinajstić information content (AvgIpc) is 2.97. The average molecular weight is 599 g/mol. The van der Waals surface area contributed by atoms with Crippen LogP contribution in [0, 0.1) is 34.5 Å². The van der Waals surface area contributed by atoms with Gasteiger partial charge in [0.2, 0.25) is 5.95 Å². The van der Waals surface area contributed by atoms with Gasteiger partial charge in [0.25, 0.3) is 0 Å². The number of anilines is 2. The van der Waals surface area contributed by atoms with Crippen LogP contribution in [-0.4, -0.2) is 59.0 Å². The molecule has 4 aliphatic carbocycles. The van der Waals surface area contributed by atoms with E-state index in [0.29, 0.717) is 66.4 Å². The summed E-state index contributed by atoms with van der Waals surface area (Å²) in [5.74, 6) is 2.23. The fraction of sp³-hybridized carbons (Fsp3) is 0.600. The Morgan fingerprint density at radius 3 is 2.53 bits per heavy atom. The van der Waals surface area contributed by atoms with Crippen molar-refractivity contribution in [2.45, 2.75) is 69.9 Å².